The largest absolute Gasteiger partial charge is 0.324 e. The van der Waals surface area contributed by atoms with E-state index in [0.29, 0.717) is 16.1 Å². The molecule has 0 amide bonds. The quantitative estimate of drug-likeness (QED) is 0.612. The molecule has 0 saturated carbocycles. The molecule has 1 aromatic carbocycles. The van der Waals surface area contributed by atoms with E-state index in [2.05, 4.69) is 6.58 Å². The van der Waals surface area contributed by atoms with E-state index in [9.17, 15) is 10.1 Å². The number of nitro groups is 1. The number of halogens is 1. The van der Waals surface area contributed by atoms with Crippen molar-refractivity contribution >= 4 is 23.5 Å². The first-order chi connectivity index (χ1) is 8.13. The molecule has 0 bridgehead atoms. The first kappa shape index (κ1) is 11.4. The molecule has 0 aliphatic rings. The summed E-state index contributed by atoms with van der Waals surface area (Å²) in [6, 6.07) is 7.02. The highest BCUT2D eigenvalue weighted by Gasteiger charge is 2.19. The van der Waals surface area contributed by atoms with Crippen LogP contribution in [0.3, 0.4) is 0 Å². The molecule has 0 aliphatic heterocycles. The third-order valence-corrected chi connectivity index (χ3v) is 2.73. The maximum Gasteiger partial charge on any atom is 0.295 e. The molecular formula is C12H9ClN2O2. The van der Waals surface area contributed by atoms with E-state index in [1.807, 2.05) is 0 Å². The summed E-state index contributed by atoms with van der Waals surface area (Å²) in [4.78, 5) is 10.5. The Labute approximate surface area is 103 Å². The van der Waals surface area contributed by atoms with E-state index < -0.39 is 4.92 Å². The van der Waals surface area contributed by atoms with Crippen molar-refractivity contribution in [2.24, 2.45) is 0 Å². The van der Waals surface area contributed by atoms with Gasteiger partial charge in [0.15, 0.2) is 0 Å². The third kappa shape index (κ3) is 2.07. The summed E-state index contributed by atoms with van der Waals surface area (Å²) in [7, 11) is 0. The molecule has 2 rings (SSSR count). The highest BCUT2D eigenvalue weighted by Crippen LogP contribution is 2.35. The Kier molecular flexibility index (Phi) is 2.97. The Morgan fingerprint density at radius 3 is 2.59 bits per heavy atom. The fraction of sp³-hybridized carbons (Fsp3) is 0. The van der Waals surface area contributed by atoms with Crippen LogP contribution in [0.25, 0.3) is 17.3 Å². The summed E-state index contributed by atoms with van der Waals surface area (Å²) in [6.07, 6.45) is 4.53. The Hall–Kier alpha value is -2.07. The van der Waals surface area contributed by atoms with Crippen LogP contribution in [0.5, 0.6) is 0 Å². The van der Waals surface area contributed by atoms with E-state index in [4.69, 9.17) is 11.6 Å². The molecule has 0 saturated heterocycles. The standard InChI is InChI=1S/C12H9ClN2O2/c1-2-14-7-10(12(8-14)15(16)17)9-5-3-4-6-11(9)13/h2-8H,1H2. The molecule has 0 N–H and O–H groups in total. The van der Waals surface area contributed by atoms with Gasteiger partial charge < -0.3 is 4.57 Å². The summed E-state index contributed by atoms with van der Waals surface area (Å²) in [5.41, 5.74) is 1.14. The average molecular weight is 249 g/mol. The Morgan fingerprint density at radius 1 is 1.29 bits per heavy atom. The number of rotatable bonds is 3. The molecule has 2 aromatic rings. The SMILES string of the molecule is C=Cn1cc(-c2ccccc2Cl)c([N+](=O)[O-])c1. The minimum atomic E-state index is -0.432. The van der Waals surface area contributed by atoms with Crippen molar-refractivity contribution in [3.05, 3.63) is 58.4 Å². The van der Waals surface area contributed by atoms with E-state index in [1.165, 1.54) is 17.0 Å². The molecule has 4 nitrogen and oxygen atoms in total. The van der Waals surface area contributed by atoms with Crippen LogP contribution in [0, 0.1) is 10.1 Å². The second-order valence-electron chi connectivity index (χ2n) is 3.42. The lowest BCUT2D eigenvalue weighted by Crippen LogP contribution is -1.88. The first-order valence-electron chi connectivity index (χ1n) is 4.87. The molecule has 0 atom stereocenters. The predicted octanol–water partition coefficient (Wildman–Crippen LogP) is 3.82. The van der Waals surface area contributed by atoms with Crippen molar-refractivity contribution in [1.82, 2.24) is 4.57 Å². The fourth-order valence-electron chi connectivity index (χ4n) is 1.60. The van der Waals surface area contributed by atoms with Crippen molar-refractivity contribution < 1.29 is 4.92 Å². The van der Waals surface area contributed by atoms with Crippen LogP contribution in [-0.4, -0.2) is 9.49 Å². The molecule has 0 unspecified atom stereocenters. The monoisotopic (exact) mass is 248 g/mol. The zero-order chi connectivity index (χ0) is 12.4. The zero-order valence-electron chi connectivity index (χ0n) is 8.84. The van der Waals surface area contributed by atoms with Crippen LogP contribution in [0.15, 0.2) is 43.2 Å². The average Bonchev–Trinajstić information content (AvgIpc) is 2.73. The summed E-state index contributed by atoms with van der Waals surface area (Å²) >= 11 is 6.03. The number of benzene rings is 1. The summed E-state index contributed by atoms with van der Waals surface area (Å²) < 4.78 is 1.54. The second-order valence-corrected chi connectivity index (χ2v) is 3.83. The molecule has 1 heterocycles. The lowest BCUT2D eigenvalue weighted by atomic mass is 10.1. The molecule has 86 valence electrons. The third-order valence-electron chi connectivity index (χ3n) is 2.40. The second kappa shape index (κ2) is 4.43. The smallest absolute Gasteiger partial charge is 0.295 e. The Bertz CT molecular complexity index is 590. The zero-order valence-corrected chi connectivity index (χ0v) is 9.59. The summed E-state index contributed by atoms with van der Waals surface area (Å²) in [6.45, 7) is 3.57. The van der Waals surface area contributed by atoms with Gasteiger partial charge in [0.25, 0.3) is 5.69 Å². The van der Waals surface area contributed by atoms with Crippen molar-refractivity contribution in [3.8, 4) is 11.1 Å². The minimum absolute atomic E-state index is 0.0120. The normalized spacial score (nSPS) is 10.2. The van der Waals surface area contributed by atoms with Crippen LogP contribution < -0.4 is 0 Å². The van der Waals surface area contributed by atoms with Gasteiger partial charge in [-0.1, -0.05) is 36.4 Å². The van der Waals surface area contributed by atoms with Gasteiger partial charge in [-0.2, -0.15) is 0 Å². The van der Waals surface area contributed by atoms with Gasteiger partial charge in [0.1, 0.15) is 0 Å². The van der Waals surface area contributed by atoms with Crippen LogP contribution in [0.4, 0.5) is 5.69 Å². The number of aromatic nitrogens is 1. The Balaban J connectivity index is 2.66. The van der Waals surface area contributed by atoms with Crippen molar-refractivity contribution in [3.63, 3.8) is 0 Å². The predicted molar refractivity (Wildman–Crippen MR) is 67.9 cm³/mol. The maximum absolute atomic E-state index is 11.0. The van der Waals surface area contributed by atoms with Gasteiger partial charge in [-0.05, 0) is 6.07 Å². The molecule has 0 aliphatic carbocycles. The highest BCUT2D eigenvalue weighted by molar-refractivity contribution is 6.33. The van der Waals surface area contributed by atoms with Crippen molar-refractivity contribution in [2.45, 2.75) is 0 Å². The minimum Gasteiger partial charge on any atom is -0.324 e. The first-order valence-corrected chi connectivity index (χ1v) is 5.24. The molecule has 17 heavy (non-hydrogen) atoms. The van der Waals surface area contributed by atoms with Crippen LogP contribution >= 0.6 is 11.6 Å². The van der Waals surface area contributed by atoms with Crippen LogP contribution in [-0.2, 0) is 0 Å². The molecule has 0 radical (unpaired) electrons. The van der Waals surface area contributed by atoms with Gasteiger partial charge in [0.05, 0.1) is 16.7 Å². The molecular weight excluding hydrogens is 240 g/mol. The van der Waals surface area contributed by atoms with E-state index in [-0.39, 0.29) is 5.69 Å². The van der Waals surface area contributed by atoms with Gasteiger partial charge in [-0.3, -0.25) is 10.1 Å². The highest BCUT2D eigenvalue weighted by atomic mass is 35.5. The van der Waals surface area contributed by atoms with Gasteiger partial charge >= 0.3 is 0 Å². The Morgan fingerprint density at radius 2 is 2.00 bits per heavy atom. The number of hydrogen-bond acceptors (Lipinski definition) is 2. The summed E-state index contributed by atoms with van der Waals surface area (Å²) in [5.74, 6) is 0. The van der Waals surface area contributed by atoms with E-state index in [1.54, 1.807) is 30.5 Å². The van der Waals surface area contributed by atoms with Gasteiger partial charge in [0.2, 0.25) is 0 Å². The van der Waals surface area contributed by atoms with E-state index in [0.717, 1.165) is 0 Å². The molecule has 1 aromatic heterocycles. The van der Waals surface area contributed by atoms with Crippen molar-refractivity contribution in [2.75, 3.05) is 0 Å². The van der Waals surface area contributed by atoms with Crippen molar-refractivity contribution in [1.29, 1.82) is 0 Å². The molecule has 5 heteroatoms. The molecule has 0 fully saturated rings. The van der Waals surface area contributed by atoms with E-state index >= 15 is 0 Å². The lowest BCUT2D eigenvalue weighted by molar-refractivity contribution is -0.384. The lowest BCUT2D eigenvalue weighted by Gasteiger charge is -2.00. The number of hydrogen-bond donors (Lipinski definition) is 0. The summed E-state index contributed by atoms with van der Waals surface area (Å²) in [5, 5.41) is 11.4. The van der Waals surface area contributed by atoms with Crippen LogP contribution in [0.2, 0.25) is 5.02 Å². The van der Waals surface area contributed by atoms with Crippen LogP contribution in [0.1, 0.15) is 0 Å². The van der Waals surface area contributed by atoms with Gasteiger partial charge in [-0.15, -0.1) is 0 Å². The molecule has 0 spiro atoms. The topological polar surface area (TPSA) is 48.1 Å². The number of nitrogens with zero attached hydrogens (tertiary/aromatic N) is 2. The van der Waals surface area contributed by atoms with Gasteiger partial charge in [-0.25, -0.2) is 0 Å². The maximum atomic E-state index is 11.0. The fourth-order valence-corrected chi connectivity index (χ4v) is 1.84. The van der Waals surface area contributed by atoms with Gasteiger partial charge in [0, 0.05) is 23.0 Å².